The van der Waals surface area contributed by atoms with E-state index >= 15 is 0 Å². The normalized spacial score (nSPS) is 15.0. The van der Waals surface area contributed by atoms with E-state index in [1.807, 2.05) is 23.1 Å². The minimum atomic E-state index is -0.0268. The zero-order chi connectivity index (χ0) is 18.6. The van der Waals surface area contributed by atoms with Crippen LogP contribution < -0.4 is 9.64 Å². The molecule has 0 aliphatic carbocycles. The van der Waals surface area contributed by atoms with Gasteiger partial charge in [0, 0.05) is 38.6 Å². The zero-order valence-corrected chi connectivity index (χ0v) is 15.7. The molecule has 0 unspecified atom stereocenters. The number of piperazine rings is 1. The van der Waals surface area contributed by atoms with E-state index in [1.54, 1.807) is 18.5 Å². The standard InChI is InChI=1S/C20H26N4O2/c1-20(2,3)16-7-4-5-8-17(16)26-15-18(25)23-11-13-24(14-12-23)19-21-9-6-10-22-19/h4-10H,11-15H2,1-3H3. The minimum Gasteiger partial charge on any atom is -0.483 e. The summed E-state index contributed by atoms with van der Waals surface area (Å²) in [6, 6.07) is 9.72. The smallest absolute Gasteiger partial charge is 0.260 e. The Morgan fingerprint density at radius 1 is 1.04 bits per heavy atom. The van der Waals surface area contributed by atoms with Gasteiger partial charge in [0.15, 0.2) is 6.61 Å². The lowest BCUT2D eigenvalue weighted by atomic mass is 9.86. The predicted molar refractivity (Wildman–Crippen MR) is 101 cm³/mol. The molecule has 0 N–H and O–H groups in total. The molecule has 0 bridgehead atoms. The van der Waals surface area contributed by atoms with Crippen LogP contribution in [0.3, 0.4) is 0 Å². The summed E-state index contributed by atoms with van der Waals surface area (Å²) in [5, 5.41) is 0. The molecule has 1 amide bonds. The molecule has 3 rings (SSSR count). The van der Waals surface area contributed by atoms with Gasteiger partial charge in [-0.15, -0.1) is 0 Å². The van der Waals surface area contributed by atoms with E-state index in [0.29, 0.717) is 13.1 Å². The van der Waals surface area contributed by atoms with Crippen molar-refractivity contribution in [1.29, 1.82) is 0 Å². The number of nitrogens with zero attached hydrogens (tertiary/aromatic N) is 4. The fourth-order valence-corrected chi connectivity index (χ4v) is 3.05. The molecule has 1 aromatic carbocycles. The maximum Gasteiger partial charge on any atom is 0.260 e. The summed E-state index contributed by atoms with van der Waals surface area (Å²) in [4.78, 5) is 25.0. The third-order valence-electron chi connectivity index (χ3n) is 4.51. The van der Waals surface area contributed by atoms with Gasteiger partial charge in [-0.2, -0.15) is 0 Å². The Morgan fingerprint density at radius 2 is 1.69 bits per heavy atom. The summed E-state index contributed by atoms with van der Waals surface area (Å²) >= 11 is 0. The second kappa shape index (κ2) is 7.72. The van der Waals surface area contributed by atoms with Crippen molar-refractivity contribution in [3.05, 3.63) is 48.3 Å². The summed E-state index contributed by atoms with van der Waals surface area (Å²) in [7, 11) is 0. The largest absolute Gasteiger partial charge is 0.483 e. The Labute approximate surface area is 154 Å². The first-order valence-corrected chi connectivity index (χ1v) is 8.97. The Hall–Kier alpha value is -2.63. The van der Waals surface area contributed by atoms with Crippen LogP contribution in [0.1, 0.15) is 26.3 Å². The molecular weight excluding hydrogens is 328 g/mol. The van der Waals surface area contributed by atoms with Gasteiger partial charge in [0.1, 0.15) is 5.75 Å². The van der Waals surface area contributed by atoms with Gasteiger partial charge in [-0.05, 0) is 23.1 Å². The quantitative estimate of drug-likeness (QED) is 0.844. The second-order valence-corrected chi connectivity index (χ2v) is 7.45. The van der Waals surface area contributed by atoms with Crippen LogP contribution in [0.2, 0.25) is 0 Å². The van der Waals surface area contributed by atoms with Crippen LogP contribution in [0.4, 0.5) is 5.95 Å². The van der Waals surface area contributed by atoms with Gasteiger partial charge >= 0.3 is 0 Å². The number of hydrogen-bond acceptors (Lipinski definition) is 5. The molecule has 0 saturated carbocycles. The highest BCUT2D eigenvalue weighted by atomic mass is 16.5. The number of para-hydroxylation sites is 1. The number of carbonyl (C=O) groups excluding carboxylic acids is 1. The van der Waals surface area contributed by atoms with Crippen LogP contribution in [0.15, 0.2) is 42.7 Å². The maximum absolute atomic E-state index is 12.5. The highest BCUT2D eigenvalue weighted by Crippen LogP contribution is 2.30. The monoisotopic (exact) mass is 354 g/mol. The average molecular weight is 354 g/mol. The van der Waals surface area contributed by atoms with E-state index in [-0.39, 0.29) is 17.9 Å². The van der Waals surface area contributed by atoms with Crippen LogP contribution in [0.25, 0.3) is 0 Å². The maximum atomic E-state index is 12.5. The number of aromatic nitrogens is 2. The lowest BCUT2D eigenvalue weighted by Gasteiger charge is -2.34. The van der Waals surface area contributed by atoms with Gasteiger partial charge in [0.25, 0.3) is 5.91 Å². The molecule has 1 aliphatic rings. The minimum absolute atomic E-state index is 0.0161. The van der Waals surface area contributed by atoms with Crippen LogP contribution in [-0.4, -0.2) is 53.6 Å². The molecule has 1 aliphatic heterocycles. The number of anilines is 1. The first-order chi connectivity index (χ1) is 12.4. The Morgan fingerprint density at radius 3 is 2.35 bits per heavy atom. The lowest BCUT2D eigenvalue weighted by molar-refractivity contribution is -0.133. The number of rotatable bonds is 4. The third kappa shape index (κ3) is 4.31. The summed E-state index contributed by atoms with van der Waals surface area (Å²) in [5.74, 6) is 1.52. The second-order valence-electron chi connectivity index (χ2n) is 7.45. The number of benzene rings is 1. The summed E-state index contributed by atoms with van der Waals surface area (Å²) in [6.07, 6.45) is 3.47. The van der Waals surface area contributed by atoms with Crippen LogP contribution >= 0.6 is 0 Å². The molecule has 1 aromatic heterocycles. The summed E-state index contributed by atoms with van der Waals surface area (Å²) in [5.41, 5.74) is 1.08. The van der Waals surface area contributed by atoms with Gasteiger partial charge < -0.3 is 14.5 Å². The fraction of sp³-hybridized carbons (Fsp3) is 0.450. The molecule has 2 heterocycles. The number of hydrogen-bond donors (Lipinski definition) is 0. The van der Waals surface area contributed by atoms with E-state index in [1.165, 1.54) is 0 Å². The van der Waals surface area contributed by atoms with E-state index in [9.17, 15) is 4.79 Å². The van der Waals surface area contributed by atoms with E-state index < -0.39 is 0 Å². The van der Waals surface area contributed by atoms with Crippen molar-refractivity contribution in [3.63, 3.8) is 0 Å². The average Bonchev–Trinajstić information content (AvgIpc) is 2.66. The summed E-state index contributed by atoms with van der Waals surface area (Å²) in [6.45, 7) is 9.26. The van der Waals surface area contributed by atoms with Crippen molar-refractivity contribution < 1.29 is 9.53 Å². The fourth-order valence-electron chi connectivity index (χ4n) is 3.05. The molecule has 1 saturated heterocycles. The lowest BCUT2D eigenvalue weighted by Crippen LogP contribution is -2.50. The molecule has 0 atom stereocenters. The zero-order valence-electron chi connectivity index (χ0n) is 15.7. The van der Waals surface area contributed by atoms with Gasteiger partial charge in [-0.25, -0.2) is 9.97 Å². The molecule has 6 nitrogen and oxygen atoms in total. The van der Waals surface area contributed by atoms with E-state index in [0.717, 1.165) is 30.4 Å². The molecule has 1 fully saturated rings. The van der Waals surface area contributed by atoms with Gasteiger partial charge in [-0.1, -0.05) is 39.0 Å². The van der Waals surface area contributed by atoms with Crippen molar-refractivity contribution in [2.24, 2.45) is 0 Å². The molecule has 0 radical (unpaired) electrons. The van der Waals surface area contributed by atoms with Crippen LogP contribution in [0.5, 0.6) is 5.75 Å². The number of amides is 1. The Balaban J connectivity index is 1.54. The first kappa shape index (κ1) is 18.2. The van der Waals surface area contributed by atoms with Crippen molar-refractivity contribution in [3.8, 4) is 5.75 Å². The van der Waals surface area contributed by atoms with Crippen LogP contribution in [0, 0.1) is 0 Å². The molecule has 0 spiro atoms. The topological polar surface area (TPSA) is 58.6 Å². The van der Waals surface area contributed by atoms with Gasteiger partial charge in [0.05, 0.1) is 0 Å². The molecule has 138 valence electrons. The Bertz CT molecular complexity index is 735. The third-order valence-corrected chi connectivity index (χ3v) is 4.51. The van der Waals surface area contributed by atoms with Crippen molar-refractivity contribution >= 4 is 11.9 Å². The molecular formula is C20H26N4O2. The van der Waals surface area contributed by atoms with Gasteiger partial charge in [0.2, 0.25) is 5.95 Å². The Kier molecular flexibility index (Phi) is 5.40. The van der Waals surface area contributed by atoms with Crippen molar-refractivity contribution in [2.75, 3.05) is 37.7 Å². The van der Waals surface area contributed by atoms with Crippen molar-refractivity contribution in [2.45, 2.75) is 26.2 Å². The molecule has 26 heavy (non-hydrogen) atoms. The first-order valence-electron chi connectivity index (χ1n) is 8.97. The summed E-state index contributed by atoms with van der Waals surface area (Å²) < 4.78 is 5.86. The van der Waals surface area contributed by atoms with Crippen molar-refractivity contribution in [1.82, 2.24) is 14.9 Å². The highest BCUT2D eigenvalue weighted by Gasteiger charge is 2.24. The number of ether oxygens (including phenoxy) is 1. The number of carbonyl (C=O) groups is 1. The van der Waals surface area contributed by atoms with Gasteiger partial charge in [-0.3, -0.25) is 4.79 Å². The molecule has 6 heteroatoms. The predicted octanol–water partition coefficient (Wildman–Crippen LogP) is 2.50. The highest BCUT2D eigenvalue weighted by molar-refractivity contribution is 5.78. The molecule has 2 aromatic rings. The SMILES string of the molecule is CC(C)(C)c1ccccc1OCC(=O)N1CCN(c2ncccn2)CC1. The van der Waals surface area contributed by atoms with E-state index in [4.69, 9.17) is 4.74 Å². The van der Waals surface area contributed by atoms with Crippen LogP contribution in [-0.2, 0) is 10.2 Å². The van der Waals surface area contributed by atoms with E-state index in [2.05, 4.69) is 41.7 Å².